The summed E-state index contributed by atoms with van der Waals surface area (Å²) in [5, 5.41) is 13.5. The highest BCUT2D eigenvalue weighted by Gasteiger charge is 2.32. The Hall–Kier alpha value is -4.86. The van der Waals surface area contributed by atoms with Crippen LogP contribution in [-0.4, -0.2) is 41.0 Å². The lowest BCUT2D eigenvalue weighted by Crippen LogP contribution is -2.25. The number of hydrogen-bond donors (Lipinski definition) is 2. The summed E-state index contributed by atoms with van der Waals surface area (Å²) < 4.78 is 39.4. The van der Waals surface area contributed by atoms with E-state index in [1.54, 1.807) is 19.1 Å². The molecule has 0 saturated carbocycles. The van der Waals surface area contributed by atoms with E-state index in [0.29, 0.717) is 68.9 Å². The molecular formula is C36H37FN2O7. The summed E-state index contributed by atoms with van der Waals surface area (Å²) in [6.07, 6.45) is 0.966. The average molecular weight is 629 g/mol. The highest BCUT2D eigenvalue weighted by atomic mass is 19.1. The zero-order valence-electron chi connectivity index (χ0n) is 26.9. The number of aryl methyl sites for hydroxylation is 2. The second kappa shape index (κ2) is 11.8. The number of carboxylic acid groups (broad SMARTS) is 1. The first-order chi connectivity index (χ1) is 21.8. The van der Waals surface area contributed by atoms with Gasteiger partial charge in [0, 0.05) is 39.9 Å². The van der Waals surface area contributed by atoms with Gasteiger partial charge in [-0.1, -0.05) is 6.07 Å². The van der Waals surface area contributed by atoms with Crippen molar-refractivity contribution in [1.82, 2.24) is 10.3 Å². The fraction of sp³-hybridized carbons (Fsp3) is 0.361. The minimum absolute atomic E-state index is 0.0152. The van der Waals surface area contributed by atoms with Gasteiger partial charge in [-0.3, -0.25) is 14.6 Å². The molecule has 0 saturated heterocycles. The lowest BCUT2D eigenvalue weighted by Gasteiger charge is -2.30. The third kappa shape index (κ3) is 5.79. The number of hydrogen-bond acceptors (Lipinski definition) is 7. The van der Waals surface area contributed by atoms with Crippen molar-refractivity contribution >= 4 is 22.8 Å². The highest BCUT2D eigenvalue weighted by Crippen LogP contribution is 2.49. The molecular weight excluding hydrogens is 591 g/mol. The molecule has 0 aliphatic carbocycles. The highest BCUT2D eigenvalue weighted by molar-refractivity contribution is 6.06. The van der Waals surface area contributed by atoms with E-state index in [-0.39, 0.29) is 37.2 Å². The quantitative estimate of drug-likeness (QED) is 0.231. The first kappa shape index (κ1) is 31.1. The van der Waals surface area contributed by atoms with Gasteiger partial charge in [-0.25, -0.2) is 0 Å². The van der Waals surface area contributed by atoms with Gasteiger partial charge in [0.25, 0.3) is 5.91 Å². The molecule has 1 amide bonds. The van der Waals surface area contributed by atoms with Gasteiger partial charge in [-0.15, -0.1) is 0 Å². The van der Waals surface area contributed by atoms with Crippen LogP contribution in [0.3, 0.4) is 0 Å². The molecule has 0 radical (unpaired) electrons. The predicted molar refractivity (Wildman–Crippen MR) is 171 cm³/mol. The van der Waals surface area contributed by atoms with E-state index in [1.165, 1.54) is 0 Å². The molecule has 2 aliphatic heterocycles. The maximum Gasteiger partial charge on any atom is 0.307 e. The van der Waals surface area contributed by atoms with Crippen LogP contribution in [0.2, 0.25) is 0 Å². The van der Waals surface area contributed by atoms with Gasteiger partial charge in [0.05, 0.1) is 18.5 Å². The second-order valence-electron chi connectivity index (χ2n) is 12.8. The Bertz CT molecular complexity index is 1910. The summed E-state index contributed by atoms with van der Waals surface area (Å²) in [7, 11) is 0. The molecule has 3 aromatic carbocycles. The van der Waals surface area contributed by atoms with Crippen LogP contribution in [0.25, 0.3) is 22.0 Å². The second-order valence-corrected chi connectivity index (χ2v) is 12.8. The molecule has 3 heterocycles. The van der Waals surface area contributed by atoms with Crippen molar-refractivity contribution in [1.29, 1.82) is 0 Å². The fourth-order valence-electron chi connectivity index (χ4n) is 6.22. The number of ether oxygens (including phenoxy) is 4. The van der Waals surface area contributed by atoms with Crippen LogP contribution in [0.1, 0.15) is 71.1 Å². The number of pyridine rings is 1. The van der Waals surface area contributed by atoms with E-state index >= 15 is 4.39 Å². The molecule has 6 rings (SSSR count). The van der Waals surface area contributed by atoms with E-state index in [1.807, 2.05) is 52.8 Å². The molecule has 2 N–H and O–H groups in total. The van der Waals surface area contributed by atoms with Crippen LogP contribution in [0.15, 0.2) is 30.3 Å². The number of carboxylic acids is 1. The third-order valence-electron chi connectivity index (χ3n) is 8.30. The Morgan fingerprint density at radius 1 is 1.04 bits per heavy atom. The zero-order chi connectivity index (χ0) is 32.9. The monoisotopic (exact) mass is 628 g/mol. The number of carbonyl (C=O) groups is 2. The van der Waals surface area contributed by atoms with Gasteiger partial charge in [-0.2, -0.15) is 4.39 Å². The zero-order valence-corrected chi connectivity index (χ0v) is 26.9. The number of amides is 1. The first-order valence-electron chi connectivity index (χ1n) is 15.3. The summed E-state index contributed by atoms with van der Waals surface area (Å²) in [6.45, 7) is 11.7. The standard InChI is InChI=1S/C36H37FN2O7/c1-18-12-26-25(14-23(18)35(42)38-16-21-9-10-27-28(13-21)45-17-44-27)31(24(15-29(40)41)20(3)39-26)30-19(2)22-8-7-11-43-33(22)32(37)34(30)46-36(4,5)6/h9-10,12-14H,7-8,11,15-17H2,1-6H3,(H,38,42)(H,40,41). The molecule has 4 aromatic rings. The van der Waals surface area contributed by atoms with Crippen LogP contribution >= 0.6 is 0 Å². The van der Waals surface area contributed by atoms with Crippen LogP contribution in [-0.2, 0) is 24.2 Å². The molecule has 0 atom stereocenters. The average Bonchev–Trinajstić information content (AvgIpc) is 3.47. The Labute approximate surface area is 266 Å². The van der Waals surface area contributed by atoms with Crippen molar-refractivity contribution in [3.63, 3.8) is 0 Å². The van der Waals surface area contributed by atoms with E-state index in [9.17, 15) is 14.7 Å². The third-order valence-corrected chi connectivity index (χ3v) is 8.30. The maximum atomic E-state index is 16.5. The van der Waals surface area contributed by atoms with Crippen molar-refractivity contribution in [2.24, 2.45) is 0 Å². The molecule has 2 aliphatic rings. The molecule has 10 heteroatoms. The summed E-state index contributed by atoms with van der Waals surface area (Å²) in [4.78, 5) is 30.7. The first-order valence-corrected chi connectivity index (χ1v) is 15.3. The summed E-state index contributed by atoms with van der Waals surface area (Å²) in [5.74, 6) is -0.573. The molecule has 240 valence electrons. The summed E-state index contributed by atoms with van der Waals surface area (Å²) in [5.41, 5.74) is 5.00. The maximum absolute atomic E-state index is 16.5. The molecule has 0 fully saturated rings. The van der Waals surface area contributed by atoms with Gasteiger partial charge in [0.15, 0.2) is 23.0 Å². The molecule has 9 nitrogen and oxygen atoms in total. The molecule has 46 heavy (non-hydrogen) atoms. The summed E-state index contributed by atoms with van der Waals surface area (Å²) >= 11 is 0. The normalized spacial score (nSPS) is 13.7. The van der Waals surface area contributed by atoms with Crippen molar-refractivity contribution in [2.45, 2.75) is 73.0 Å². The van der Waals surface area contributed by atoms with E-state index in [4.69, 9.17) is 23.9 Å². The topological polar surface area (TPSA) is 116 Å². The van der Waals surface area contributed by atoms with E-state index in [2.05, 4.69) is 5.32 Å². The predicted octanol–water partition coefficient (Wildman–Crippen LogP) is 6.75. The Kier molecular flexibility index (Phi) is 8.00. The smallest absolute Gasteiger partial charge is 0.307 e. The molecule has 0 unspecified atom stereocenters. The number of halogens is 1. The Balaban J connectivity index is 1.55. The number of carbonyl (C=O) groups excluding carboxylic acids is 1. The van der Waals surface area contributed by atoms with Crippen molar-refractivity contribution < 1.29 is 38.0 Å². The van der Waals surface area contributed by atoms with Crippen LogP contribution < -0.4 is 24.3 Å². The lowest BCUT2D eigenvalue weighted by atomic mass is 9.85. The van der Waals surface area contributed by atoms with Crippen molar-refractivity contribution in [3.8, 4) is 34.1 Å². The van der Waals surface area contributed by atoms with Gasteiger partial charge in [0.2, 0.25) is 12.6 Å². The molecule has 1 aromatic heterocycles. The van der Waals surface area contributed by atoms with Crippen LogP contribution in [0.5, 0.6) is 23.0 Å². The number of benzene rings is 3. The number of fused-ring (bicyclic) bond motifs is 3. The number of aliphatic carboxylic acids is 1. The van der Waals surface area contributed by atoms with Gasteiger partial charge in [0.1, 0.15) is 5.60 Å². The van der Waals surface area contributed by atoms with E-state index in [0.717, 1.165) is 23.1 Å². The van der Waals surface area contributed by atoms with Gasteiger partial charge >= 0.3 is 5.97 Å². The SMILES string of the molecule is Cc1cc2nc(C)c(CC(=O)O)c(-c3c(C)c4c(c(F)c3OC(C)(C)C)OCCC4)c2cc1C(=O)NCc1ccc2c(c1)OCO2. The van der Waals surface area contributed by atoms with Crippen LogP contribution in [0, 0.1) is 26.6 Å². The Morgan fingerprint density at radius 2 is 1.80 bits per heavy atom. The summed E-state index contributed by atoms with van der Waals surface area (Å²) in [6, 6.07) is 9.02. The number of nitrogens with one attached hydrogen (secondary N) is 1. The molecule has 0 spiro atoms. The van der Waals surface area contributed by atoms with Crippen LogP contribution in [0.4, 0.5) is 4.39 Å². The fourth-order valence-corrected chi connectivity index (χ4v) is 6.22. The number of aromatic nitrogens is 1. The minimum Gasteiger partial charge on any atom is -0.490 e. The largest absolute Gasteiger partial charge is 0.490 e. The van der Waals surface area contributed by atoms with E-state index < -0.39 is 17.4 Å². The van der Waals surface area contributed by atoms with Crippen molar-refractivity contribution in [2.75, 3.05) is 13.4 Å². The van der Waals surface area contributed by atoms with Gasteiger partial charge < -0.3 is 29.4 Å². The Morgan fingerprint density at radius 3 is 2.54 bits per heavy atom. The number of nitrogens with zero attached hydrogens (tertiary/aromatic N) is 1. The van der Waals surface area contributed by atoms with Gasteiger partial charge in [-0.05, 0) is 101 Å². The lowest BCUT2D eigenvalue weighted by molar-refractivity contribution is -0.136. The minimum atomic E-state index is -1.06. The molecule has 0 bridgehead atoms. The van der Waals surface area contributed by atoms with Crippen molar-refractivity contribution in [3.05, 3.63) is 75.2 Å². The number of rotatable bonds is 7.